The molecule has 3 saturated heterocycles. The van der Waals surface area contributed by atoms with E-state index in [0.717, 1.165) is 24.2 Å². The van der Waals surface area contributed by atoms with E-state index in [9.17, 15) is 0 Å². The summed E-state index contributed by atoms with van der Waals surface area (Å²) >= 11 is 0. The lowest BCUT2D eigenvalue weighted by molar-refractivity contribution is 0.0527. The average molecular weight is 251 g/mol. The van der Waals surface area contributed by atoms with E-state index in [1.165, 1.54) is 58.2 Å². The van der Waals surface area contributed by atoms with Gasteiger partial charge in [-0.2, -0.15) is 0 Å². The molecule has 3 heteroatoms. The van der Waals surface area contributed by atoms with Crippen LogP contribution in [-0.2, 0) is 0 Å². The van der Waals surface area contributed by atoms with Crippen LogP contribution in [0.4, 0.5) is 0 Å². The molecule has 0 amide bonds. The van der Waals surface area contributed by atoms with Crippen molar-refractivity contribution in [2.24, 2.45) is 0 Å². The molecule has 1 N–H and O–H groups in total. The predicted octanol–water partition coefficient (Wildman–Crippen LogP) is 1.69. The van der Waals surface area contributed by atoms with E-state index in [1.807, 2.05) is 0 Å². The summed E-state index contributed by atoms with van der Waals surface area (Å²) in [5, 5.41) is 3.55. The Morgan fingerprint density at radius 3 is 2.39 bits per heavy atom. The minimum atomic E-state index is 0.817. The third-order valence-electron chi connectivity index (χ3n) is 5.53. The summed E-state index contributed by atoms with van der Waals surface area (Å²) in [6.45, 7) is 6.09. The second-order valence-corrected chi connectivity index (χ2v) is 6.56. The van der Waals surface area contributed by atoms with Gasteiger partial charge in [0.1, 0.15) is 0 Å². The molecule has 3 rings (SSSR count). The first-order valence-corrected chi connectivity index (χ1v) is 7.98. The molecular weight excluding hydrogens is 222 g/mol. The smallest absolute Gasteiger partial charge is 0.0235 e. The van der Waals surface area contributed by atoms with Crippen molar-refractivity contribution in [2.45, 2.75) is 69.6 Å². The van der Waals surface area contributed by atoms with Gasteiger partial charge < -0.3 is 10.2 Å². The molecule has 0 aromatic heterocycles. The van der Waals surface area contributed by atoms with Crippen molar-refractivity contribution in [1.29, 1.82) is 0 Å². The maximum atomic E-state index is 3.55. The van der Waals surface area contributed by atoms with Crippen LogP contribution in [0.1, 0.15) is 45.4 Å². The van der Waals surface area contributed by atoms with Crippen LogP contribution in [0.3, 0.4) is 0 Å². The fourth-order valence-corrected chi connectivity index (χ4v) is 4.50. The SMILES string of the molecule is CCCN(C1CCNC1)C1CC2CCC(C1)N2C. The fourth-order valence-electron chi connectivity index (χ4n) is 4.50. The minimum Gasteiger partial charge on any atom is -0.315 e. The van der Waals surface area contributed by atoms with Gasteiger partial charge in [0.05, 0.1) is 0 Å². The highest BCUT2D eigenvalue weighted by Crippen LogP contribution is 2.37. The molecule has 3 aliphatic heterocycles. The number of fused-ring (bicyclic) bond motifs is 2. The molecular formula is C15H29N3. The first kappa shape index (κ1) is 12.9. The van der Waals surface area contributed by atoms with Gasteiger partial charge in [-0.15, -0.1) is 0 Å². The van der Waals surface area contributed by atoms with Crippen LogP contribution in [0.25, 0.3) is 0 Å². The molecule has 0 radical (unpaired) electrons. The molecule has 0 spiro atoms. The molecule has 3 heterocycles. The van der Waals surface area contributed by atoms with Crippen molar-refractivity contribution < 1.29 is 0 Å². The number of nitrogens with zero attached hydrogens (tertiary/aromatic N) is 2. The average Bonchev–Trinajstić information content (AvgIpc) is 2.94. The molecule has 2 bridgehead atoms. The molecule has 3 aliphatic rings. The van der Waals surface area contributed by atoms with Crippen molar-refractivity contribution in [2.75, 3.05) is 26.7 Å². The Kier molecular flexibility index (Phi) is 3.92. The van der Waals surface area contributed by atoms with E-state index >= 15 is 0 Å². The fraction of sp³-hybridized carbons (Fsp3) is 1.00. The van der Waals surface area contributed by atoms with Gasteiger partial charge in [0.15, 0.2) is 0 Å². The minimum absolute atomic E-state index is 0.817. The highest BCUT2D eigenvalue weighted by Gasteiger charge is 2.41. The summed E-state index contributed by atoms with van der Waals surface area (Å²) in [5.41, 5.74) is 0. The van der Waals surface area contributed by atoms with Gasteiger partial charge in [0.2, 0.25) is 0 Å². The molecule has 3 unspecified atom stereocenters. The van der Waals surface area contributed by atoms with Crippen LogP contribution in [0.2, 0.25) is 0 Å². The monoisotopic (exact) mass is 251 g/mol. The summed E-state index contributed by atoms with van der Waals surface area (Å²) in [6.07, 6.45) is 8.40. The van der Waals surface area contributed by atoms with Gasteiger partial charge in [-0.05, 0) is 58.7 Å². The summed E-state index contributed by atoms with van der Waals surface area (Å²) < 4.78 is 0. The van der Waals surface area contributed by atoms with E-state index in [4.69, 9.17) is 0 Å². The maximum Gasteiger partial charge on any atom is 0.0235 e. The number of hydrogen-bond donors (Lipinski definition) is 1. The zero-order valence-electron chi connectivity index (χ0n) is 12.1. The highest BCUT2D eigenvalue weighted by atomic mass is 15.3. The van der Waals surface area contributed by atoms with Crippen LogP contribution in [-0.4, -0.2) is 60.6 Å². The Hall–Kier alpha value is -0.120. The molecule has 0 aliphatic carbocycles. The van der Waals surface area contributed by atoms with Gasteiger partial charge in [-0.3, -0.25) is 4.90 Å². The lowest BCUT2D eigenvalue weighted by Gasteiger charge is -2.44. The Labute approximate surface area is 112 Å². The molecule has 104 valence electrons. The molecule has 0 aromatic carbocycles. The normalized spacial score (nSPS) is 40.8. The second kappa shape index (κ2) is 5.48. The summed E-state index contributed by atoms with van der Waals surface area (Å²) in [4.78, 5) is 5.52. The molecule has 18 heavy (non-hydrogen) atoms. The largest absolute Gasteiger partial charge is 0.315 e. The van der Waals surface area contributed by atoms with Gasteiger partial charge in [-0.25, -0.2) is 0 Å². The molecule has 0 aromatic rings. The predicted molar refractivity (Wildman–Crippen MR) is 75.9 cm³/mol. The zero-order valence-corrected chi connectivity index (χ0v) is 12.1. The van der Waals surface area contributed by atoms with E-state index in [0.29, 0.717) is 0 Å². The van der Waals surface area contributed by atoms with Gasteiger partial charge in [0.25, 0.3) is 0 Å². The first-order chi connectivity index (χ1) is 8.79. The van der Waals surface area contributed by atoms with E-state index < -0.39 is 0 Å². The topological polar surface area (TPSA) is 18.5 Å². The van der Waals surface area contributed by atoms with Crippen LogP contribution in [0.5, 0.6) is 0 Å². The van der Waals surface area contributed by atoms with Gasteiger partial charge >= 0.3 is 0 Å². The quantitative estimate of drug-likeness (QED) is 0.820. The van der Waals surface area contributed by atoms with Crippen LogP contribution < -0.4 is 5.32 Å². The third-order valence-corrected chi connectivity index (χ3v) is 5.53. The standard InChI is InChI=1S/C15H29N3/c1-3-8-18(14-6-7-16-11-14)15-9-12-4-5-13(10-15)17(12)2/h12-16H,3-11H2,1-2H3. The number of rotatable bonds is 4. The summed E-state index contributed by atoms with van der Waals surface area (Å²) in [5.74, 6) is 0. The highest BCUT2D eigenvalue weighted by molar-refractivity contribution is 4.98. The molecule has 0 saturated carbocycles. The van der Waals surface area contributed by atoms with Crippen molar-refractivity contribution in [3.05, 3.63) is 0 Å². The number of hydrogen-bond acceptors (Lipinski definition) is 3. The Balaban J connectivity index is 1.67. The molecule has 3 atom stereocenters. The van der Waals surface area contributed by atoms with Crippen molar-refractivity contribution in [3.63, 3.8) is 0 Å². The zero-order chi connectivity index (χ0) is 12.5. The number of nitrogens with one attached hydrogen (secondary N) is 1. The second-order valence-electron chi connectivity index (χ2n) is 6.56. The van der Waals surface area contributed by atoms with E-state index in [-0.39, 0.29) is 0 Å². The molecule has 3 nitrogen and oxygen atoms in total. The molecule has 3 fully saturated rings. The van der Waals surface area contributed by atoms with Crippen LogP contribution in [0.15, 0.2) is 0 Å². The Bertz CT molecular complexity index is 261. The summed E-state index contributed by atoms with van der Waals surface area (Å²) in [7, 11) is 2.35. The van der Waals surface area contributed by atoms with Gasteiger partial charge in [0, 0.05) is 30.7 Å². The van der Waals surface area contributed by atoms with Crippen LogP contribution >= 0.6 is 0 Å². The van der Waals surface area contributed by atoms with E-state index in [2.05, 4.69) is 29.1 Å². The number of piperidine rings is 1. The maximum absolute atomic E-state index is 3.55. The first-order valence-electron chi connectivity index (χ1n) is 7.98. The summed E-state index contributed by atoms with van der Waals surface area (Å²) in [6, 6.07) is 3.44. The van der Waals surface area contributed by atoms with Crippen molar-refractivity contribution >= 4 is 0 Å². The van der Waals surface area contributed by atoms with E-state index in [1.54, 1.807) is 0 Å². The van der Waals surface area contributed by atoms with Crippen molar-refractivity contribution in [3.8, 4) is 0 Å². The van der Waals surface area contributed by atoms with Gasteiger partial charge in [-0.1, -0.05) is 6.92 Å². The van der Waals surface area contributed by atoms with Crippen molar-refractivity contribution in [1.82, 2.24) is 15.1 Å². The lowest BCUT2D eigenvalue weighted by atomic mass is 9.94. The van der Waals surface area contributed by atoms with Crippen LogP contribution in [0, 0.1) is 0 Å². The third kappa shape index (κ3) is 2.33. The Morgan fingerprint density at radius 1 is 1.11 bits per heavy atom. The Morgan fingerprint density at radius 2 is 1.83 bits per heavy atom. The lowest BCUT2D eigenvalue weighted by Crippen LogP contribution is -2.52.